The van der Waals surface area contributed by atoms with Crippen LogP contribution in [-0.2, 0) is 0 Å². The number of benzene rings is 1. The van der Waals surface area contributed by atoms with Crippen LogP contribution in [0.25, 0.3) is 0 Å². The minimum atomic E-state index is -0.380. The van der Waals surface area contributed by atoms with E-state index in [4.69, 9.17) is 27.7 Å². The number of nitrogens with zero attached hydrogens (tertiary/aromatic N) is 1. The zero-order chi connectivity index (χ0) is 14.2. The molecular formula is C12H10Cl2N2O3. The molecule has 100 valence electrons. The monoisotopic (exact) mass is 300 g/mol. The Kier molecular flexibility index (Phi) is 3.68. The smallest absolute Gasteiger partial charge is 0.261 e. The summed E-state index contributed by atoms with van der Waals surface area (Å²) in [7, 11) is 0. The third-order valence-electron chi connectivity index (χ3n) is 2.54. The molecule has 0 saturated heterocycles. The first-order valence-electron chi connectivity index (χ1n) is 5.32. The first-order chi connectivity index (χ1) is 8.90. The quantitative estimate of drug-likeness (QED) is 0.832. The van der Waals surface area contributed by atoms with Gasteiger partial charge in [0.25, 0.3) is 5.91 Å². The maximum absolute atomic E-state index is 12.1. The van der Waals surface area contributed by atoms with Crippen LogP contribution in [0, 0.1) is 13.8 Å². The number of rotatable bonds is 2. The number of nitrogens with one attached hydrogen (secondary N) is 1. The lowest BCUT2D eigenvalue weighted by Gasteiger charge is -2.07. The Morgan fingerprint density at radius 2 is 1.89 bits per heavy atom. The molecule has 19 heavy (non-hydrogen) atoms. The summed E-state index contributed by atoms with van der Waals surface area (Å²) in [6, 6.07) is 2.80. The largest absolute Gasteiger partial charge is 0.505 e. The second-order valence-electron chi connectivity index (χ2n) is 3.94. The lowest BCUT2D eigenvalue weighted by atomic mass is 10.2. The van der Waals surface area contributed by atoms with Crippen LogP contribution in [0.15, 0.2) is 16.7 Å². The van der Waals surface area contributed by atoms with Crippen molar-refractivity contribution in [2.45, 2.75) is 13.8 Å². The Morgan fingerprint density at radius 3 is 2.37 bits per heavy atom. The van der Waals surface area contributed by atoms with Crippen molar-refractivity contribution in [3.63, 3.8) is 0 Å². The molecule has 0 unspecified atom stereocenters. The number of hydrogen-bond acceptors (Lipinski definition) is 4. The highest BCUT2D eigenvalue weighted by molar-refractivity contribution is 6.37. The van der Waals surface area contributed by atoms with Crippen LogP contribution in [-0.4, -0.2) is 16.2 Å². The summed E-state index contributed by atoms with van der Waals surface area (Å²) >= 11 is 11.5. The van der Waals surface area contributed by atoms with Gasteiger partial charge in [0, 0.05) is 5.69 Å². The molecule has 0 aliphatic carbocycles. The maximum atomic E-state index is 12.1. The number of hydrogen-bond donors (Lipinski definition) is 2. The van der Waals surface area contributed by atoms with Crippen LogP contribution >= 0.6 is 23.2 Å². The number of carbonyl (C=O) groups excluding carboxylic acids is 1. The molecule has 0 saturated carbocycles. The fraction of sp³-hybridized carbons (Fsp3) is 0.167. The maximum Gasteiger partial charge on any atom is 0.261 e. The summed E-state index contributed by atoms with van der Waals surface area (Å²) in [5, 5.41) is 15.9. The highest BCUT2D eigenvalue weighted by atomic mass is 35.5. The minimum Gasteiger partial charge on any atom is -0.505 e. The highest BCUT2D eigenvalue weighted by Crippen LogP contribution is 2.34. The van der Waals surface area contributed by atoms with Gasteiger partial charge < -0.3 is 14.9 Å². The predicted octanol–water partition coefficient (Wildman–Crippen LogP) is 3.56. The van der Waals surface area contributed by atoms with Gasteiger partial charge in [-0.1, -0.05) is 28.4 Å². The number of aryl methyl sites for hydroxylation is 2. The molecule has 1 aromatic carbocycles. The van der Waals surface area contributed by atoms with E-state index in [2.05, 4.69) is 10.5 Å². The molecule has 0 fully saturated rings. The summed E-state index contributed by atoms with van der Waals surface area (Å²) in [5.74, 6) is -0.182. The van der Waals surface area contributed by atoms with Crippen LogP contribution in [0.1, 0.15) is 21.8 Å². The molecule has 1 amide bonds. The number of phenolic OH excluding ortho intramolecular Hbond substituents is 1. The Balaban J connectivity index is 2.30. The second kappa shape index (κ2) is 5.11. The van der Waals surface area contributed by atoms with Crippen molar-refractivity contribution >= 4 is 34.8 Å². The van der Waals surface area contributed by atoms with Crippen LogP contribution in [0.5, 0.6) is 5.75 Å². The molecular weight excluding hydrogens is 291 g/mol. The number of carbonyl (C=O) groups is 1. The summed E-state index contributed by atoms with van der Waals surface area (Å²) in [6.45, 7) is 3.31. The molecule has 0 spiro atoms. The van der Waals surface area contributed by atoms with Gasteiger partial charge in [0.05, 0.1) is 15.7 Å². The Hall–Kier alpha value is -1.72. The minimum absolute atomic E-state index is 0.0570. The van der Waals surface area contributed by atoms with Crippen molar-refractivity contribution in [1.29, 1.82) is 0 Å². The molecule has 0 bridgehead atoms. The summed E-state index contributed by atoms with van der Waals surface area (Å²) in [6.07, 6.45) is 0. The molecule has 5 nitrogen and oxygen atoms in total. The fourth-order valence-electron chi connectivity index (χ4n) is 1.64. The van der Waals surface area contributed by atoms with Gasteiger partial charge in [-0.25, -0.2) is 0 Å². The highest BCUT2D eigenvalue weighted by Gasteiger charge is 2.18. The first kappa shape index (κ1) is 13.7. The van der Waals surface area contributed by atoms with Gasteiger partial charge in [-0.2, -0.15) is 0 Å². The Labute approximate surface area is 119 Å². The van der Waals surface area contributed by atoms with Crippen LogP contribution in [0.2, 0.25) is 10.0 Å². The van der Waals surface area contributed by atoms with Crippen LogP contribution in [0.3, 0.4) is 0 Å². The van der Waals surface area contributed by atoms with Gasteiger partial charge in [-0.15, -0.1) is 0 Å². The Bertz CT molecular complexity index is 610. The zero-order valence-electron chi connectivity index (χ0n) is 10.1. The number of aromatic hydroxyl groups is 1. The zero-order valence-corrected chi connectivity index (χ0v) is 11.6. The van der Waals surface area contributed by atoms with E-state index in [-0.39, 0.29) is 21.7 Å². The molecule has 1 heterocycles. The van der Waals surface area contributed by atoms with Gasteiger partial charge in [0.15, 0.2) is 5.75 Å². The second-order valence-corrected chi connectivity index (χ2v) is 4.76. The van der Waals surface area contributed by atoms with Crippen molar-refractivity contribution in [3.05, 3.63) is 39.2 Å². The average molecular weight is 301 g/mol. The fourth-order valence-corrected chi connectivity index (χ4v) is 2.13. The average Bonchev–Trinajstić information content (AvgIpc) is 2.66. The van der Waals surface area contributed by atoms with Crippen molar-refractivity contribution < 1.29 is 14.4 Å². The van der Waals surface area contributed by atoms with E-state index in [1.165, 1.54) is 12.1 Å². The third-order valence-corrected chi connectivity index (χ3v) is 3.11. The molecule has 1 aromatic heterocycles. The van der Waals surface area contributed by atoms with E-state index in [9.17, 15) is 9.90 Å². The van der Waals surface area contributed by atoms with Crippen molar-refractivity contribution in [1.82, 2.24) is 5.16 Å². The molecule has 0 aliphatic heterocycles. The van der Waals surface area contributed by atoms with Crippen LogP contribution < -0.4 is 5.32 Å². The lowest BCUT2D eigenvalue weighted by molar-refractivity contribution is 0.102. The van der Waals surface area contributed by atoms with Gasteiger partial charge in [0.2, 0.25) is 0 Å². The third kappa shape index (κ3) is 2.67. The molecule has 7 heteroatoms. The van der Waals surface area contributed by atoms with Crippen molar-refractivity contribution in [2.75, 3.05) is 5.32 Å². The Morgan fingerprint density at radius 1 is 1.32 bits per heavy atom. The summed E-state index contributed by atoms with van der Waals surface area (Å²) in [4.78, 5) is 12.1. The molecule has 0 aliphatic rings. The molecule has 2 rings (SSSR count). The normalized spacial score (nSPS) is 10.5. The van der Waals surface area contributed by atoms with E-state index in [0.29, 0.717) is 22.7 Å². The number of halogens is 2. The van der Waals surface area contributed by atoms with Crippen molar-refractivity contribution in [3.8, 4) is 5.75 Å². The van der Waals surface area contributed by atoms with Gasteiger partial charge in [-0.05, 0) is 26.0 Å². The molecule has 0 radical (unpaired) electrons. The van der Waals surface area contributed by atoms with E-state index in [0.717, 1.165) is 0 Å². The van der Waals surface area contributed by atoms with E-state index >= 15 is 0 Å². The van der Waals surface area contributed by atoms with Gasteiger partial charge in [0.1, 0.15) is 11.3 Å². The number of anilines is 1. The molecule has 2 N–H and O–H groups in total. The van der Waals surface area contributed by atoms with Gasteiger partial charge in [-0.3, -0.25) is 4.79 Å². The SMILES string of the molecule is Cc1noc(C)c1C(=O)Nc1cc(Cl)c(O)c(Cl)c1. The van der Waals surface area contributed by atoms with Crippen molar-refractivity contribution in [2.24, 2.45) is 0 Å². The first-order valence-corrected chi connectivity index (χ1v) is 6.08. The topological polar surface area (TPSA) is 75.4 Å². The van der Waals surface area contributed by atoms with Crippen LogP contribution in [0.4, 0.5) is 5.69 Å². The van der Waals surface area contributed by atoms with Gasteiger partial charge >= 0.3 is 0 Å². The molecule has 2 aromatic rings. The predicted molar refractivity (Wildman–Crippen MR) is 72.1 cm³/mol. The van der Waals surface area contributed by atoms with E-state index < -0.39 is 0 Å². The number of phenols is 1. The number of aromatic nitrogens is 1. The standard InChI is InChI=1S/C12H10Cl2N2O3/c1-5-10(6(2)19-16-5)12(18)15-7-3-8(13)11(17)9(14)4-7/h3-4,17H,1-2H3,(H,15,18). The lowest BCUT2D eigenvalue weighted by Crippen LogP contribution is -2.13. The van der Waals surface area contributed by atoms with E-state index in [1.54, 1.807) is 13.8 Å². The summed E-state index contributed by atoms with van der Waals surface area (Å²) in [5.41, 5.74) is 1.23. The number of amides is 1. The van der Waals surface area contributed by atoms with E-state index in [1.807, 2.05) is 0 Å². The molecule has 0 atom stereocenters. The summed E-state index contributed by atoms with van der Waals surface area (Å²) < 4.78 is 4.92.